The summed E-state index contributed by atoms with van der Waals surface area (Å²) in [5.41, 5.74) is 0. The molecule has 0 heterocycles. The number of hydrogen-bond donors (Lipinski definition) is 0. The van der Waals surface area contributed by atoms with Gasteiger partial charge < -0.3 is 9.47 Å². The molecule has 0 aliphatic carbocycles. The quantitative estimate of drug-likeness (QED) is 0.535. The van der Waals surface area contributed by atoms with Crippen LogP contribution in [0.25, 0.3) is 0 Å². The van der Waals surface area contributed by atoms with E-state index in [1.807, 2.05) is 0 Å². The Bertz CT molecular complexity index is 317. The Morgan fingerprint density at radius 1 is 1.11 bits per heavy atom. The number of halogens is 8. The van der Waals surface area contributed by atoms with Crippen molar-refractivity contribution in [1.82, 2.24) is 0 Å². The van der Waals surface area contributed by atoms with E-state index in [0.29, 0.717) is 0 Å². The van der Waals surface area contributed by atoms with Crippen LogP contribution >= 0.6 is 0 Å². The normalized spacial score (nSPS) is 13.8. The molecule has 0 atom stereocenters. The van der Waals surface area contributed by atoms with Gasteiger partial charge in [0.05, 0.1) is 7.11 Å². The van der Waals surface area contributed by atoms with Crippen molar-refractivity contribution in [2.45, 2.75) is 24.2 Å². The van der Waals surface area contributed by atoms with Crippen LogP contribution in [0.3, 0.4) is 0 Å². The van der Waals surface area contributed by atoms with Crippen LogP contribution in [-0.4, -0.2) is 50.5 Å². The third-order valence-electron chi connectivity index (χ3n) is 1.88. The zero-order valence-electron chi connectivity index (χ0n) is 9.24. The molecule has 0 aromatic rings. The number of carbonyl (C=O) groups excluding carboxylic acids is 1. The van der Waals surface area contributed by atoms with E-state index in [9.17, 15) is 39.9 Å². The number of carbonyl (C=O) groups is 1. The van der Waals surface area contributed by atoms with Crippen LogP contribution in [0.5, 0.6) is 0 Å². The highest BCUT2D eigenvalue weighted by atomic mass is 19.4. The largest absolute Gasteiger partial charge is 0.467 e. The summed E-state index contributed by atoms with van der Waals surface area (Å²) in [4.78, 5) is 10.4. The fourth-order valence-electron chi connectivity index (χ4n) is 0.793. The molecular formula is C8H8F8O3. The topological polar surface area (TPSA) is 35.5 Å². The van der Waals surface area contributed by atoms with Crippen LogP contribution in [0.2, 0.25) is 0 Å². The Hall–Kier alpha value is -1.13. The lowest BCUT2D eigenvalue weighted by Crippen LogP contribution is -2.59. The highest BCUT2D eigenvalue weighted by molar-refractivity contribution is 5.70. The number of hydrogen-bond acceptors (Lipinski definition) is 3. The summed E-state index contributed by atoms with van der Waals surface area (Å²) in [6.45, 7) is -3.57. The highest BCUT2D eigenvalue weighted by Gasteiger charge is 2.75. The lowest BCUT2D eigenvalue weighted by Gasteiger charge is -2.31. The summed E-state index contributed by atoms with van der Waals surface area (Å²) in [5.74, 6) is -19.4. The average Bonchev–Trinajstić information content (AvgIpc) is 2.27. The van der Waals surface area contributed by atoms with E-state index in [2.05, 4.69) is 9.47 Å². The molecule has 0 spiro atoms. The van der Waals surface area contributed by atoms with E-state index >= 15 is 0 Å². The van der Waals surface area contributed by atoms with E-state index in [-0.39, 0.29) is 0 Å². The molecule has 0 aliphatic rings. The maximum atomic E-state index is 12.8. The third kappa shape index (κ3) is 3.67. The van der Waals surface area contributed by atoms with Crippen molar-refractivity contribution in [3.8, 4) is 0 Å². The summed E-state index contributed by atoms with van der Waals surface area (Å²) in [7, 11) is 0.823. The Balaban J connectivity index is 4.83. The molecule has 0 aliphatic heterocycles. The number of esters is 1. The summed E-state index contributed by atoms with van der Waals surface area (Å²) in [5, 5.41) is 0. The Kier molecular flexibility index (Phi) is 5.53. The summed E-state index contributed by atoms with van der Waals surface area (Å²) in [6.07, 6.45) is -4.99. The van der Waals surface area contributed by atoms with Crippen molar-refractivity contribution in [2.75, 3.05) is 20.3 Å². The molecule has 0 rings (SSSR count). The number of rotatable bonds is 7. The van der Waals surface area contributed by atoms with Crippen LogP contribution in [0.15, 0.2) is 0 Å². The van der Waals surface area contributed by atoms with Gasteiger partial charge in [-0.1, -0.05) is 0 Å². The third-order valence-corrected chi connectivity index (χ3v) is 1.88. The van der Waals surface area contributed by atoms with E-state index in [0.717, 1.165) is 7.11 Å². The van der Waals surface area contributed by atoms with Crippen LogP contribution in [0, 0.1) is 0 Å². The van der Waals surface area contributed by atoms with Gasteiger partial charge in [-0.15, -0.1) is 0 Å². The first-order valence-electron chi connectivity index (χ1n) is 4.46. The molecule has 3 nitrogen and oxygen atoms in total. The van der Waals surface area contributed by atoms with Gasteiger partial charge in [0.15, 0.2) is 0 Å². The maximum absolute atomic E-state index is 12.8. The molecule has 0 saturated heterocycles. The molecule has 0 aromatic carbocycles. The molecule has 0 bridgehead atoms. The first kappa shape index (κ1) is 17.9. The monoisotopic (exact) mass is 304 g/mol. The molecule has 19 heavy (non-hydrogen) atoms. The number of methoxy groups -OCH3 is 1. The molecule has 0 saturated carbocycles. The maximum Gasteiger partial charge on any atom is 0.380 e. The predicted molar refractivity (Wildman–Crippen MR) is 43.7 cm³/mol. The van der Waals surface area contributed by atoms with Crippen molar-refractivity contribution < 1.29 is 49.4 Å². The van der Waals surface area contributed by atoms with Crippen LogP contribution in [0.4, 0.5) is 35.1 Å². The van der Waals surface area contributed by atoms with Crippen molar-refractivity contribution in [3.63, 3.8) is 0 Å². The lowest BCUT2D eigenvalue weighted by molar-refractivity contribution is -0.345. The van der Waals surface area contributed by atoms with Crippen LogP contribution < -0.4 is 0 Å². The van der Waals surface area contributed by atoms with Gasteiger partial charge in [-0.05, 0) is 0 Å². The van der Waals surface area contributed by atoms with Crippen LogP contribution in [-0.2, 0) is 14.3 Å². The molecule has 0 N–H and O–H groups in total. The molecule has 0 unspecified atom stereocenters. The second-order valence-corrected chi connectivity index (χ2v) is 3.27. The van der Waals surface area contributed by atoms with Gasteiger partial charge in [0.2, 0.25) is 0 Å². The highest BCUT2D eigenvalue weighted by Crippen LogP contribution is 2.48. The minimum atomic E-state index is -6.34. The van der Waals surface area contributed by atoms with Gasteiger partial charge in [0.1, 0.15) is 13.2 Å². The Labute approximate surface area is 101 Å². The molecule has 0 fully saturated rings. The zero-order chi connectivity index (χ0) is 15.5. The minimum absolute atomic E-state index is 0.823. The summed E-state index contributed by atoms with van der Waals surface area (Å²) in [6, 6.07) is 0. The van der Waals surface area contributed by atoms with Crippen molar-refractivity contribution >= 4 is 5.97 Å². The summed E-state index contributed by atoms with van der Waals surface area (Å²) >= 11 is 0. The standard InChI is InChI=1S/C8H8F8O3/c1-18-4(17)2-19-3-6(11,12)8(15,16)7(13,14)5(9)10/h5H,2-3H2,1H3. The number of ether oxygens (including phenoxy) is 2. The molecule has 114 valence electrons. The SMILES string of the molecule is COC(=O)COCC(F)(F)C(F)(F)C(F)(F)C(F)F. The Morgan fingerprint density at radius 3 is 1.95 bits per heavy atom. The van der Waals surface area contributed by atoms with Crippen molar-refractivity contribution in [3.05, 3.63) is 0 Å². The van der Waals surface area contributed by atoms with Crippen molar-refractivity contribution in [1.29, 1.82) is 0 Å². The fraction of sp³-hybridized carbons (Fsp3) is 0.875. The molecule has 0 amide bonds. The van der Waals surface area contributed by atoms with Gasteiger partial charge in [0.25, 0.3) is 0 Å². The van der Waals surface area contributed by atoms with Gasteiger partial charge in [-0.3, -0.25) is 0 Å². The van der Waals surface area contributed by atoms with E-state index < -0.39 is 43.4 Å². The second kappa shape index (κ2) is 5.88. The van der Waals surface area contributed by atoms with Gasteiger partial charge in [0, 0.05) is 0 Å². The average molecular weight is 304 g/mol. The minimum Gasteiger partial charge on any atom is -0.467 e. The van der Waals surface area contributed by atoms with E-state index in [1.165, 1.54) is 0 Å². The second-order valence-electron chi connectivity index (χ2n) is 3.27. The Morgan fingerprint density at radius 2 is 1.58 bits per heavy atom. The fourth-order valence-corrected chi connectivity index (χ4v) is 0.793. The lowest BCUT2D eigenvalue weighted by atomic mass is 10.1. The first-order valence-corrected chi connectivity index (χ1v) is 4.46. The first-order chi connectivity index (χ1) is 8.40. The molecule has 0 aromatic heterocycles. The van der Waals surface area contributed by atoms with Crippen molar-refractivity contribution in [2.24, 2.45) is 0 Å². The van der Waals surface area contributed by atoms with Gasteiger partial charge >= 0.3 is 30.2 Å². The molecular weight excluding hydrogens is 296 g/mol. The van der Waals surface area contributed by atoms with Gasteiger partial charge in [-0.2, -0.15) is 26.3 Å². The van der Waals surface area contributed by atoms with Gasteiger partial charge in [-0.25, -0.2) is 13.6 Å². The predicted octanol–water partition coefficient (Wildman–Crippen LogP) is 2.35. The molecule has 11 heteroatoms. The smallest absolute Gasteiger partial charge is 0.380 e. The number of alkyl halides is 8. The summed E-state index contributed by atoms with van der Waals surface area (Å²) < 4.78 is 107. The zero-order valence-corrected chi connectivity index (χ0v) is 9.24. The van der Waals surface area contributed by atoms with E-state index in [4.69, 9.17) is 0 Å². The van der Waals surface area contributed by atoms with E-state index in [1.54, 1.807) is 0 Å². The molecule has 0 radical (unpaired) electrons. The van der Waals surface area contributed by atoms with Crippen LogP contribution in [0.1, 0.15) is 0 Å².